The number of hydrogen-bond acceptors (Lipinski definition) is 4. The summed E-state index contributed by atoms with van der Waals surface area (Å²) in [5.74, 6) is 1.71. The number of rotatable bonds is 3. The normalized spacial score (nSPS) is 43.8. The molecule has 4 aliphatic carbocycles. The molecule has 1 spiro atoms. The van der Waals surface area contributed by atoms with Gasteiger partial charge in [0.2, 0.25) is 0 Å². The summed E-state index contributed by atoms with van der Waals surface area (Å²) in [5.41, 5.74) is 5.85. The van der Waals surface area contributed by atoms with Gasteiger partial charge in [-0.3, -0.25) is 9.80 Å². The number of esters is 1. The first kappa shape index (κ1) is 23.6. The van der Waals surface area contributed by atoms with Gasteiger partial charge in [0.25, 0.3) is 0 Å². The Hall–Kier alpha value is -1.84. The first-order chi connectivity index (χ1) is 16.6. The third-order valence-electron chi connectivity index (χ3n) is 11.7. The largest absolute Gasteiger partial charge is 0.466 e. The Morgan fingerprint density at radius 3 is 2.60 bits per heavy atom. The fourth-order valence-electron chi connectivity index (χ4n) is 10.4. The van der Waals surface area contributed by atoms with Gasteiger partial charge in [-0.25, -0.2) is 0 Å². The van der Waals surface area contributed by atoms with E-state index in [4.69, 9.17) is 9.84 Å². The number of aryl methyl sites for hydroxylation is 2. The lowest BCUT2D eigenvalue weighted by Crippen LogP contribution is -2.60. The van der Waals surface area contributed by atoms with Gasteiger partial charge in [-0.05, 0) is 107 Å². The molecule has 1 aliphatic heterocycles. The summed E-state index contributed by atoms with van der Waals surface area (Å²) < 4.78 is 5.68. The number of ether oxygens (including phenoxy) is 1. The number of hydrogen-bond donors (Lipinski definition) is 0. The van der Waals surface area contributed by atoms with E-state index in [0.29, 0.717) is 29.8 Å². The molecule has 4 saturated carbocycles. The molecule has 1 aromatic carbocycles. The quantitative estimate of drug-likeness (QED) is 0.438. The molecule has 0 saturated heterocycles. The highest BCUT2D eigenvalue weighted by atomic mass is 16.5. The van der Waals surface area contributed by atoms with E-state index in [9.17, 15) is 4.79 Å². The number of carbonyl (C=O) groups excluding carboxylic acids is 1. The van der Waals surface area contributed by atoms with Crippen molar-refractivity contribution in [3.8, 4) is 0 Å². The summed E-state index contributed by atoms with van der Waals surface area (Å²) in [6, 6.07) is 6.79. The van der Waals surface area contributed by atoms with E-state index in [2.05, 4.69) is 57.8 Å². The van der Waals surface area contributed by atoms with E-state index in [1.165, 1.54) is 54.6 Å². The van der Waals surface area contributed by atoms with Crippen molar-refractivity contribution in [2.75, 3.05) is 18.2 Å². The van der Waals surface area contributed by atoms with Gasteiger partial charge in [0.15, 0.2) is 0 Å². The van der Waals surface area contributed by atoms with Gasteiger partial charge in [0.05, 0.1) is 24.3 Å². The minimum atomic E-state index is -0.332. The van der Waals surface area contributed by atoms with Gasteiger partial charge < -0.3 is 4.74 Å². The summed E-state index contributed by atoms with van der Waals surface area (Å²) in [6.07, 6.45) is 9.63. The van der Waals surface area contributed by atoms with Crippen LogP contribution in [0.1, 0.15) is 90.2 Å². The Balaban J connectivity index is 1.37. The average molecular weight is 477 g/mol. The van der Waals surface area contributed by atoms with E-state index >= 15 is 0 Å². The molecule has 1 aromatic rings. The van der Waals surface area contributed by atoms with Crippen molar-refractivity contribution in [1.82, 2.24) is 0 Å². The molecule has 0 N–H and O–H groups in total. The third kappa shape index (κ3) is 3.04. The Morgan fingerprint density at radius 2 is 1.86 bits per heavy atom. The maximum absolute atomic E-state index is 13.3. The Labute approximate surface area is 211 Å². The minimum Gasteiger partial charge on any atom is -0.466 e. The predicted octanol–water partition coefficient (Wildman–Crippen LogP) is 7.07. The third-order valence-corrected chi connectivity index (χ3v) is 11.7. The Kier molecular flexibility index (Phi) is 5.10. The zero-order chi connectivity index (χ0) is 24.8. The molecule has 35 heavy (non-hydrogen) atoms. The Morgan fingerprint density at radius 1 is 1.09 bits per heavy atom. The fourth-order valence-corrected chi connectivity index (χ4v) is 10.4. The van der Waals surface area contributed by atoms with Crippen LogP contribution in [0, 0.1) is 53.3 Å². The van der Waals surface area contributed by atoms with E-state index in [1.807, 2.05) is 6.92 Å². The van der Waals surface area contributed by atoms with E-state index in [-0.39, 0.29) is 22.2 Å². The first-order valence-corrected chi connectivity index (χ1v) is 14.2. The summed E-state index contributed by atoms with van der Waals surface area (Å²) in [6.45, 7) is 15.2. The summed E-state index contributed by atoms with van der Waals surface area (Å²) >= 11 is 0. The van der Waals surface area contributed by atoms with Gasteiger partial charge in [-0.1, -0.05) is 38.0 Å². The predicted molar refractivity (Wildman–Crippen MR) is 141 cm³/mol. The SMILES string of the molecule is CCOC(=O)[C@]1(C)CCC[C@@]2(C)[C@@H]3CC[C@@]4(C)C[C@]3(CC[C@@H]21)[C@@H]1CN(c2ccc(C)cc2C)N=C14. The topological polar surface area (TPSA) is 41.9 Å². The zero-order valence-corrected chi connectivity index (χ0v) is 22.7. The van der Waals surface area contributed by atoms with Crippen LogP contribution in [0.2, 0.25) is 0 Å². The molecule has 1 heterocycles. The number of benzene rings is 1. The highest BCUT2D eigenvalue weighted by Gasteiger charge is 2.71. The lowest BCUT2D eigenvalue weighted by atomic mass is 9.39. The maximum Gasteiger partial charge on any atom is 0.312 e. The van der Waals surface area contributed by atoms with Crippen molar-refractivity contribution in [3.05, 3.63) is 29.3 Å². The molecular weight excluding hydrogens is 432 g/mol. The van der Waals surface area contributed by atoms with Crippen LogP contribution < -0.4 is 5.01 Å². The van der Waals surface area contributed by atoms with Crippen molar-refractivity contribution in [2.24, 2.45) is 44.5 Å². The molecule has 2 bridgehead atoms. The standard InChI is InChI=1S/C31H44N2O2/c1-7-35-27(34)30(6)14-8-13-29(5)24(30)12-16-31-19-28(4,15-11-25(29)31)26-22(31)18-33(32-26)23-10-9-20(2)17-21(23)3/h9-10,17,22,24-25H,7-8,11-16,18-19H2,1-6H3/t22-,24+,25+,28+,29-,30-,31-/m1/s1. The minimum absolute atomic E-state index is 0.0584. The van der Waals surface area contributed by atoms with Crippen LogP contribution in [-0.4, -0.2) is 24.8 Å². The van der Waals surface area contributed by atoms with Crippen LogP contribution in [0.5, 0.6) is 0 Å². The molecule has 4 fully saturated rings. The molecule has 4 heteroatoms. The molecule has 0 unspecified atom stereocenters. The molecular formula is C31H44N2O2. The zero-order valence-electron chi connectivity index (χ0n) is 22.7. The average Bonchev–Trinajstić information content (AvgIpc) is 3.31. The van der Waals surface area contributed by atoms with E-state index in [0.717, 1.165) is 25.8 Å². The smallest absolute Gasteiger partial charge is 0.312 e. The van der Waals surface area contributed by atoms with Crippen molar-refractivity contribution in [3.63, 3.8) is 0 Å². The van der Waals surface area contributed by atoms with Crippen LogP contribution in [0.4, 0.5) is 5.69 Å². The van der Waals surface area contributed by atoms with Gasteiger partial charge in [0.1, 0.15) is 0 Å². The number of anilines is 1. The number of carbonyl (C=O) groups is 1. The van der Waals surface area contributed by atoms with Crippen LogP contribution in [-0.2, 0) is 9.53 Å². The van der Waals surface area contributed by atoms with Gasteiger partial charge >= 0.3 is 5.97 Å². The second kappa shape index (κ2) is 7.59. The number of fused-ring (bicyclic) bond motifs is 5. The van der Waals surface area contributed by atoms with E-state index < -0.39 is 0 Å². The fraction of sp³-hybridized carbons (Fsp3) is 0.742. The molecule has 0 amide bonds. The highest BCUT2D eigenvalue weighted by molar-refractivity contribution is 5.98. The molecule has 0 radical (unpaired) electrons. The lowest BCUT2D eigenvalue weighted by Gasteiger charge is -2.64. The summed E-state index contributed by atoms with van der Waals surface area (Å²) in [4.78, 5) is 13.3. The van der Waals surface area contributed by atoms with Gasteiger partial charge in [-0.15, -0.1) is 0 Å². The molecule has 6 rings (SSSR count). The van der Waals surface area contributed by atoms with Crippen LogP contribution in [0.15, 0.2) is 23.3 Å². The molecule has 190 valence electrons. The number of nitrogens with zero attached hydrogens (tertiary/aromatic N) is 2. The molecule has 0 aromatic heterocycles. The van der Waals surface area contributed by atoms with Crippen LogP contribution in [0.25, 0.3) is 0 Å². The van der Waals surface area contributed by atoms with Crippen molar-refractivity contribution in [1.29, 1.82) is 0 Å². The molecule has 7 atom stereocenters. The molecule has 5 aliphatic rings. The van der Waals surface area contributed by atoms with Crippen LogP contribution in [0.3, 0.4) is 0 Å². The van der Waals surface area contributed by atoms with Crippen molar-refractivity contribution in [2.45, 2.75) is 92.9 Å². The monoisotopic (exact) mass is 476 g/mol. The number of hydrazone groups is 1. The summed E-state index contributed by atoms with van der Waals surface area (Å²) in [5, 5.41) is 7.74. The first-order valence-electron chi connectivity index (χ1n) is 14.2. The van der Waals surface area contributed by atoms with Crippen LogP contribution >= 0.6 is 0 Å². The van der Waals surface area contributed by atoms with Gasteiger partial charge in [0, 0.05) is 17.0 Å². The lowest BCUT2D eigenvalue weighted by molar-refractivity contribution is -0.191. The highest BCUT2D eigenvalue weighted by Crippen LogP contribution is 2.75. The van der Waals surface area contributed by atoms with Crippen molar-refractivity contribution >= 4 is 17.4 Å². The Bertz CT molecular complexity index is 1100. The van der Waals surface area contributed by atoms with E-state index in [1.54, 1.807) is 0 Å². The maximum atomic E-state index is 13.3. The van der Waals surface area contributed by atoms with Crippen molar-refractivity contribution < 1.29 is 9.53 Å². The second-order valence-corrected chi connectivity index (χ2v) is 13.6. The van der Waals surface area contributed by atoms with Gasteiger partial charge in [-0.2, -0.15) is 5.10 Å². The second-order valence-electron chi connectivity index (χ2n) is 13.6. The molecule has 4 nitrogen and oxygen atoms in total. The summed E-state index contributed by atoms with van der Waals surface area (Å²) in [7, 11) is 0.